The third kappa shape index (κ3) is 4.44. The van der Waals surface area contributed by atoms with Crippen molar-refractivity contribution in [1.29, 1.82) is 0 Å². The van der Waals surface area contributed by atoms with Gasteiger partial charge >= 0.3 is 0 Å². The number of pyridine rings is 1. The predicted molar refractivity (Wildman–Crippen MR) is 156 cm³/mol. The van der Waals surface area contributed by atoms with Crippen LogP contribution in [0.3, 0.4) is 0 Å². The molecule has 0 fully saturated rings. The van der Waals surface area contributed by atoms with Crippen molar-refractivity contribution in [1.82, 2.24) is 4.98 Å². The van der Waals surface area contributed by atoms with E-state index in [1.807, 2.05) is 103 Å². The first-order valence-corrected chi connectivity index (χ1v) is 12.7. The summed E-state index contributed by atoms with van der Waals surface area (Å²) >= 11 is 0. The standard InChI is InChI=1S/C36H25NO/c38-36(30-24-14-5-15-25-30)35-33(28-20-10-3-11-21-28)31(26-16-6-1-7-17-26)32(27-18-8-2-9-19-27)34(37-35)29-22-12-4-13-23-29/h1-25H. The van der Waals surface area contributed by atoms with Gasteiger partial charge in [-0.2, -0.15) is 0 Å². The van der Waals surface area contributed by atoms with Crippen LogP contribution < -0.4 is 0 Å². The smallest absolute Gasteiger partial charge is 0.212 e. The molecule has 6 aromatic rings. The summed E-state index contributed by atoms with van der Waals surface area (Å²) in [5.41, 5.74) is 8.68. The molecule has 0 aliphatic heterocycles. The summed E-state index contributed by atoms with van der Waals surface area (Å²) in [6.45, 7) is 0. The largest absolute Gasteiger partial charge is 0.287 e. The van der Waals surface area contributed by atoms with Crippen LogP contribution in [0.5, 0.6) is 0 Å². The fourth-order valence-corrected chi connectivity index (χ4v) is 4.95. The van der Waals surface area contributed by atoms with Gasteiger partial charge in [0.1, 0.15) is 5.69 Å². The lowest BCUT2D eigenvalue weighted by Gasteiger charge is -2.22. The van der Waals surface area contributed by atoms with Gasteiger partial charge in [0, 0.05) is 27.8 Å². The van der Waals surface area contributed by atoms with E-state index in [2.05, 4.69) is 48.5 Å². The van der Waals surface area contributed by atoms with Crippen LogP contribution in [0.1, 0.15) is 16.1 Å². The highest BCUT2D eigenvalue weighted by molar-refractivity contribution is 6.16. The first kappa shape index (κ1) is 23.3. The summed E-state index contributed by atoms with van der Waals surface area (Å²) in [4.78, 5) is 19.4. The molecule has 5 aromatic carbocycles. The second-order valence-corrected chi connectivity index (χ2v) is 9.09. The number of nitrogens with zero attached hydrogens (tertiary/aromatic N) is 1. The normalized spacial score (nSPS) is 10.7. The number of hydrogen-bond donors (Lipinski definition) is 0. The molecule has 1 heterocycles. The van der Waals surface area contributed by atoms with Crippen molar-refractivity contribution < 1.29 is 4.79 Å². The van der Waals surface area contributed by atoms with E-state index in [9.17, 15) is 4.79 Å². The number of carbonyl (C=O) groups excluding carboxylic acids is 1. The molecule has 38 heavy (non-hydrogen) atoms. The number of benzene rings is 5. The molecule has 6 rings (SSSR count). The zero-order valence-electron chi connectivity index (χ0n) is 20.8. The summed E-state index contributed by atoms with van der Waals surface area (Å²) < 4.78 is 0. The second-order valence-electron chi connectivity index (χ2n) is 9.09. The first-order chi connectivity index (χ1) is 18.8. The highest BCUT2D eigenvalue weighted by atomic mass is 16.1. The van der Waals surface area contributed by atoms with Gasteiger partial charge in [-0.15, -0.1) is 0 Å². The van der Waals surface area contributed by atoms with Crippen LogP contribution in [0.4, 0.5) is 0 Å². The van der Waals surface area contributed by atoms with Crippen LogP contribution in [0.2, 0.25) is 0 Å². The Bertz CT molecular complexity index is 1680. The SMILES string of the molecule is O=C(c1ccccc1)c1nc(-c2ccccc2)c(-c2ccccc2)c(-c2ccccc2)c1-c1ccccc1. The van der Waals surface area contributed by atoms with E-state index in [4.69, 9.17) is 4.98 Å². The Morgan fingerprint density at radius 1 is 0.395 bits per heavy atom. The Morgan fingerprint density at radius 3 is 1.24 bits per heavy atom. The van der Waals surface area contributed by atoms with Gasteiger partial charge in [-0.3, -0.25) is 4.79 Å². The van der Waals surface area contributed by atoms with Crippen molar-refractivity contribution in [3.8, 4) is 44.6 Å². The van der Waals surface area contributed by atoms with E-state index < -0.39 is 0 Å². The molecule has 180 valence electrons. The van der Waals surface area contributed by atoms with Crippen LogP contribution in [-0.2, 0) is 0 Å². The fraction of sp³-hybridized carbons (Fsp3) is 0. The van der Waals surface area contributed by atoms with Gasteiger partial charge in [0.2, 0.25) is 5.78 Å². The summed E-state index contributed by atoms with van der Waals surface area (Å²) in [7, 11) is 0. The Balaban J connectivity index is 1.81. The van der Waals surface area contributed by atoms with E-state index in [1.165, 1.54) is 0 Å². The molecule has 0 N–H and O–H groups in total. The summed E-state index contributed by atoms with van der Waals surface area (Å²) in [5.74, 6) is -0.0987. The number of aromatic nitrogens is 1. The highest BCUT2D eigenvalue weighted by Gasteiger charge is 2.27. The average molecular weight is 488 g/mol. The van der Waals surface area contributed by atoms with Gasteiger partial charge < -0.3 is 0 Å². The molecule has 0 spiro atoms. The molecule has 0 bridgehead atoms. The molecule has 0 saturated carbocycles. The van der Waals surface area contributed by atoms with E-state index in [-0.39, 0.29) is 5.78 Å². The number of ketones is 1. The first-order valence-electron chi connectivity index (χ1n) is 12.7. The van der Waals surface area contributed by atoms with Gasteiger partial charge in [-0.25, -0.2) is 4.98 Å². The molecule has 0 radical (unpaired) electrons. The third-order valence-electron chi connectivity index (χ3n) is 6.68. The monoisotopic (exact) mass is 487 g/mol. The molecule has 2 nitrogen and oxygen atoms in total. The minimum Gasteiger partial charge on any atom is -0.287 e. The van der Waals surface area contributed by atoms with Crippen LogP contribution in [0.15, 0.2) is 152 Å². The summed E-state index contributed by atoms with van der Waals surface area (Å²) in [6, 6.07) is 50.3. The minimum absolute atomic E-state index is 0.0987. The van der Waals surface area contributed by atoms with Crippen molar-refractivity contribution in [2.75, 3.05) is 0 Å². The zero-order valence-corrected chi connectivity index (χ0v) is 20.8. The van der Waals surface area contributed by atoms with Gasteiger partial charge in [-0.05, 0) is 16.7 Å². The highest BCUT2D eigenvalue weighted by Crippen LogP contribution is 2.46. The molecule has 0 amide bonds. The molecular formula is C36H25NO. The van der Waals surface area contributed by atoms with E-state index in [0.717, 1.165) is 44.6 Å². The number of hydrogen-bond acceptors (Lipinski definition) is 2. The second kappa shape index (κ2) is 10.5. The van der Waals surface area contributed by atoms with E-state index in [1.54, 1.807) is 0 Å². The van der Waals surface area contributed by atoms with Gasteiger partial charge in [-0.1, -0.05) is 152 Å². The Morgan fingerprint density at radius 2 is 0.763 bits per heavy atom. The maximum atomic E-state index is 14.2. The zero-order chi connectivity index (χ0) is 25.7. The van der Waals surface area contributed by atoms with Crippen molar-refractivity contribution in [2.24, 2.45) is 0 Å². The Hall–Kier alpha value is -5.08. The van der Waals surface area contributed by atoms with Gasteiger partial charge in [0.05, 0.1) is 5.69 Å². The minimum atomic E-state index is -0.0987. The Kier molecular flexibility index (Phi) is 6.44. The van der Waals surface area contributed by atoms with E-state index in [0.29, 0.717) is 11.3 Å². The van der Waals surface area contributed by atoms with Crippen LogP contribution in [-0.4, -0.2) is 10.8 Å². The fourth-order valence-electron chi connectivity index (χ4n) is 4.95. The molecular weight excluding hydrogens is 462 g/mol. The molecule has 0 saturated heterocycles. The lowest BCUT2D eigenvalue weighted by Crippen LogP contribution is -2.10. The molecule has 0 atom stereocenters. The lowest BCUT2D eigenvalue weighted by atomic mass is 9.83. The van der Waals surface area contributed by atoms with Crippen molar-refractivity contribution in [2.45, 2.75) is 0 Å². The van der Waals surface area contributed by atoms with E-state index >= 15 is 0 Å². The van der Waals surface area contributed by atoms with Crippen LogP contribution >= 0.6 is 0 Å². The van der Waals surface area contributed by atoms with Crippen molar-refractivity contribution >= 4 is 5.78 Å². The molecule has 1 aromatic heterocycles. The predicted octanol–water partition coefficient (Wildman–Crippen LogP) is 8.98. The molecule has 0 aliphatic rings. The maximum absolute atomic E-state index is 14.2. The van der Waals surface area contributed by atoms with Crippen LogP contribution in [0, 0.1) is 0 Å². The summed E-state index contributed by atoms with van der Waals surface area (Å²) in [6.07, 6.45) is 0. The Labute approximate surface area is 222 Å². The van der Waals surface area contributed by atoms with Crippen LogP contribution in [0.25, 0.3) is 44.6 Å². The number of rotatable bonds is 6. The molecule has 2 heteroatoms. The van der Waals surface area contributed by atoms with Crippen molar-refractivity contribution in [3.05, 3.63) is 163 Å². The summed E-state index contributed by atoms with van der Waals surface area (Å²) in [5, 5.41) is 0. The third-order valence-corrected chi connectivity index (χ3v) is 6.68. The lowest BCUT2D eigenvalue weighted by molar-refractivity contribution is 0.103. The molecule has 0 aliphatic carbocycles. The quantitative estimate of drug-likeness (QED) is 0.219. The van der Waals surface area contributed by atoms with Gasteiger partial charge in [0.25, 0.3) is 0 Å². The van der Waals surface area contributed by atoms with Crippen molar-refractivity contribution in [3.63, 3.8) is 0 Å². The number of carbonyl (C=O) groups is 1. The maximum Gasteiger partial charge on any atom is 0.212 e. The van der Waals surface area contributed by atoms with Gasteiger partial charge in [0.15, 0.2) is 0 Å². The molecule has 0 unspecified atom stereocenters. The topological polar surface area (TPSA) is 30.0 Å². The average Bonchev–Trinajstić information content (AvgIpc) is 3.02.